The molecule has 3 aromatic rings. The summed E-state index contributed by atoms with van der Waals surface area (Å²) >= 11 is 0. The number of carbonyl (C=O) groups is 1. The van der Waals surface area contributed by atoms with E-state index in [9.17, 15) is 18.0 Å². The molecular weight excluding hydrogens is 459 g/mol. The van der Waals surface area contributed by atoms with Crippen molar-refractivity contribution in [2.24, 2.45) is 0 Å². The number of aromatic nitrogens is 2. The molecule has 1 fully saturated rings. The smallest absolute Gasteiger partial charge is 0.416 e. The van der Waals surface area contributed by atoms with Crippen molar-refractivity contribution in [3.63, 3.8) is 0 Å². The van der Waals surface area contributed by atoms with Gasteiger partial charge in [0.05, 0.1) is 12.7 Å². The second kappa shape index (κ2) is 9.81. The number of halogens is 3. The lowest BCUT2D eigenvalue weighted by Gasteiger charge is -2.36. The predicted octanol–water partition coefficient (Wildman–Crippen LogP) is 5.14. The largest absolute Gasteiger partial charge is 0.497 e. The van der Waals surface area contributed by atoms with Crippen molar-refractivity contribution in [1.82, 2.24) is 14.9 Å². The minimum Gasteiger partial charge on any atom is -0.497 e. The quantitative estimate of drug-likeness (QED) is 0.554. The van der Waals surface area contributed by atoms with Gasteiger partial charge in [-0.1, -0.05) is 18.2 Å². The lowest BCUT2D eigenvalue weighted by molar-refractivity contribution is -0.137. The number of hydrogen-bond acceptors (Lipinski definition) is 5. The Hall–Kier alpha value is -3.82. The molecule has 2 heterocycles. The number of aryl methyl sites for hydroxylation is 1. The number of methoxy groups -OCH3 is 1. The number of nitrogens with one attached hydrogen (secondary N) is 1. The number of anilines is 2. The Bertz CT molecular complexity index is 1220. The Morgan fingerprint density at radius 2 is 1.71 bits per heavy atom. The fourth-order valence-corrected chi connectivity index (χ4v) is 3.91. The van der Waals surface area contributed by atoms with Gasteiger partial charge in [0.1, 0.15) is 11.6 Å². The number of piperazine rings is 1. The number of benzene rings is 2. The van der Waals surface area contributed by atoms with Gasteiger partial charge in [0.25, 0.3) is 0 Å². The zero-order chi connectivity index (χ0) is 25.2. The van der Waals surface area contributed by atoms with Gasteiger partial charge in [-0.3, -0.25) is 0 Å². The summed E-state index contributed by atoms with van der Waals surface area (Å²) in [5.41, 5.74) is 1.76. The van der Waals surface area contributed by atoms with Crippen molar-refractivity contribution in [3.05, 3.63) is 65.4 Å². The van der Waals surface area contributed by atoms with Gasteiger partial charge in [0.15, 0.2) is 5.82 Å². The number of ether oxygens (including phenoxy) is 1. The fraction of sp³-hybridized carbons (Fsp3) is 0.320. The van der Waals surface area contributed by atoms with E-state index in [0.29, 0.717) is 54.7 Å². The molecule has 1 aromatic heterocycles. The van der Waals surface area contributed by atoms with E-state index in [1.807, 2.05) is 18.7 Å². The van der Waals surface area contributed by atoms with Crippen molar-refractivity contribution in [3.8, 4) is 17.1 Å². The van der Waals surface area contributed by atoms with Crippen LogP contribution in [0.2, 0.25) is 0 Å². The number of carbonyl (C=O) groups excluding carboxylic acids is 1. The van der Waals surface area contributed by atoms with E-state index in [-0.39, 0.29) is 11.9 Å². The summed E-state index contributed by atoms with van der Waals surface area (Å²) in [6.07, 6.45) is -4.44. The zero-order valence-corrected chi connectivity index (χ0v) is 19.7. The Kier molecular flexibility index (Phi) is 6.81. The Morgan fingerprint density at radius 1 is 1.00 bits per heavy atom. The van der Waals surface area contributed by atoms with Gasteiger partial charge < -0.3 is 19.9 Å². The minimum absolute atomic E-state index is 0.210. The summed E-state index contributed by atoms with van der Waals surface area (Å²) in [5, 5.41) is 2.88. The number of urea groups is 1. The molecule has 2 aromatic carbocycles. The molecule has 0 atom stereocenters. The molecule has 1 saturated heterocycles. The summed E-state index contributed by atoms with van der Waals surface area (Å²) in [6, 6.07) is 12.0. The van der Waals surface area contributed by atoms with Crippen LogP contribution >= 0.6 is 0 Å². The molecule has 1 aliphatic rings. The van der Waals surface area contributed by atoms with Crippen molar-refractivity contribution in [1.29, 1.82) is 0 Å². The van der Waals surface area contributed by atoms with Gasteiger partial charge in [0, 0.05) is 54.8 Å². The minimum atomic E-state index is -4.44. The fourth-order valence-electron chi connectivity index (χ4n) is 3.91. The third-order valence-electron chi connectivity index (χ3n) is 6.00. The second-order valence-electron chi connectivity index (χ2n) is 8.30. The van der Waals surface area contributed by atoms with E-state index in [4.69, 9.17) is 4.74 Å². The number of amides is 2. The zero-order valence-electron chi connectivity index (χ0n) is 19.7. The van der Waals surface area contributed by atoms with Gasteiger partial charge in [-0.2, -0.15) is 13.2 Å². The maximum absolute atomic E-state index is 13.2. The first-order chi connectivity index (χ1) is 16.7. The van der Waals surface area contributed by atoms with Crippen molar-refractivity contribution < 1.29 is 22.7 Å². The van der Waals surface area contributed by atoms with Crippen molar-refractivity contribution in [2.45, 2.75) is 20.0 Å². The van der Waals surface area contributed by atoms with Crippen LogP contribution < -0.4 is 15.0 Å². The highest BCUT2D eigenvalue weighted by molar-refractivity contribution is 5.89. The van der Waals surface area contributed by atoms with Crippen LogP contribution in [0.15, 0.2) is 48.5 Å². The second-order valence-corrected chi connectivity index (χ2v) is 8.30. The molecule has 35 heavy (non-hydrogen) atoms. The first kappa shape index (κ1) is 24.3. The molecule has 4 rings (SSSR count). The number of nitrogens with zero attached hydrogens (tertiary/aromatic N) is 4. The van der Waals surface area contributed by atoms with Crippen molar-refractivity contribution in [2.75, 3.05) is 43.5 Å². The van der Waals surface area contributed by atoms with Crippen molar-refractivity contribution >= 4 is 17.5 Å². The molecule has 0 aliphatic carbocycles. The first-order valence-electron chi connectivity index (χ1n) is 11.1. The third kappa shape index (κ3) is 5.47. The summed E-state index contributed by atoms with van der Waals surface area (Å²) in [4.78, 5) is 25.5. The molecule has 0 saturated carbocycles. The molecule has 0 unspecified atom stereocenters. The van der Waals surface area contributed by atoms with Crippen LogP contribution in [-0.2, 0) is 6.18 Å². The summed E-state index contributed by atoms with van der Waals surface area (Å²) in [6.45, 7) is 5.71. The number of hydrogen-bond donors (Lipinski definition) is 1. The van der Waals surface area contributed by atoms with Crippen LogP contribution in [0.5, 0.6) is 5.75 Å². The molecular formula is C25H26F3N5O2. The van der Waals surface area contributed by atoms with E-state index in [1.165, 1.54) is 6.07 Å². The molecule has 184 valence electrons. The van der Waals surface area contributed by atoms with Gasteiger partial charge in [0.2, 0.25) is 0 Å². The summed E-state index contributed by atoms with van der Waals surface area (Å²) < 4.78 is 44.7. The van der Waals surface area contributed by atoms with E-state index in [1.54, 1.807) is 42.3 Å². The molecule has 0 radical (unpaired) electrons. The van der Waals surface area contributed by atoms with Gasteiger partial charge >= 0.3 is 12.2 Å². The van der Waals surface area contributed by atoms with E-state index in [2.05, 4.69) is 15.3 Å². The van der Waals surface area contributed by atoms with Gasteiger partial charge in [-0.25, -0.2) is 14.8 Å². The van der Waals surface area contributed by atoms with Crippen LogP contribution in [0.4, 0.5) is 29.5 Å². The normalized spacial score (nSPS) is 14.1. The van der Waals surface area contributed by atoms with Gasteiger partial charge in [-0.15, -0.1) is 0 Å². The Balaban J connectivity index is 1.49. The maximum atomic E-state index is 13.2. The van der Waals surface area contributed by atoms with Crippen LogP contribution in [0.1, 0.15) is 16.8 Å². The molecule has 1 aliphatic heterocycles. The maximum Gasteiger partial charge on any atom is 0.416 e. The third-order valence-corrected chi connectivity index (χ3v) is 6.00. The Morgan fingerprint density at radius 3 is 2.40 bits per heavy atom. The summed E-state index contributed by atoms with van der Waals surface area (Å²) in [7, 11) is 1.56. The van der Waals surface area contributed by atoms with E-state index >= 15 is 0 Å². The average molecular weight is 486 g/mol. The molecule has 10 heteroatoms. The molecule has 1 N–H and O–H groups in total. The van der Waals surface area contributed by atoms with Gasteiger partial charge in [-0.05, 0) is 38.1 Å². The van der Waals surface area contributed by atoms with Crippen LogP contribution in [0.25, 0.3) is 11.4 Å². The molecule has 0 spiro atoms. The predicted molar refractivity (Wildman–Crippen MR) is 128 cm³/mol. The Labute approximate surface area is 201 Å². The molecule has 0 bridgehead atoms. The highest BCUT2D eigenvalue weighted by atomic mass is 19.4. The molecule has 7 nitrogen and oxygen atoms in total. The highest BCUT2D eigenvalue weighted by Gasteiger charge is 2.31. The highest BCUT2D eigenvalue weighted by Crippen LogP contribution is 2.32. The lowest BCUT2D eigenvalue weighted by atomic mass is 10.1. The number of rotatable bonds is 4. The summed E-state index contributed by atoms with van der Waals surface area (Å²) in [5.74, 6) is 1.56. The standard InChI is InChI=1S/C25H26F3N5O2/c1-16-17(2)29-22(18-6-4-7-19(14-18)25(26,27)28)31-23(16)32-10-12-33(13-11-32)24(34)30-20-8-5-9-21(15-20)35-3/h4-9,14-15H,10-13H2,1-3H3,(H,30,34). The SMILES string of the molecule is COc1cccc(NC(=O)N2CCN(c3nc(-c4cccc(C(F)(F)F)c4)nc(C)c3C)CC2)c1. The van der Waals surface area contributed by atoms with E-state index < -0.39 is 11.7 Å². The first-order valence-corrected chi connectivity index (χ1v) is 11.1. The lowest BCUT2D eigenvalue weighted by Crippen LogP contribution is -2.50. The van der Waals surface area contributed by atoms with Crippen LogP contribution in [0.3, 0.4) is 0 Å². The topological polar surface area (TPSA) is 70.6 Å². The van der Waals surface area contributed by atoms with Crippen LogP contribution in [0, 0.1) is 13.8 Å². The van der Waals surface area contributed by atoms with Crippen LogP contribution in [-0.4, -0.2) is 54.2 Å². The number of alkyl halides is 3. The van der Waals surface area contributed by atoms with E-state index in [0.717, 1.165) is 17.7 Å². The molecule has 2 amide bonds. The average Bonchev–Trinajstić information content (AvgIpc) is 2.85. The monoisotopic (exact) mass is 485 g/mol.